The van der Waals surface area contributed by atoms with Crippen LogP contribution in [0.15, 0.2) is 66.7 Å². The Kier molecular flexibility index (Phi) is 7.34. The first-order chi connectivity index (χ1) is 14.9. The third-order valence-corrected chi connectivity index (χ3v) is 4.93. The molecular weight excluding hydrogens is 403 g/mol. The number of hydrogen-bond donors (Lipinski definition) is 0. The predicted octanol–water partition coefficient (Wildman–Crippen LogP) is 6.14. The van der Waals surface area contributed by atoms with Crippen molar-refractivity contribution in [1.29, 1.82) is 0 Å². The molecule has 3 rings (SSSR count). The minimum atomic E-state index is -0.788. The molecule has 0 fully saturated rings. The highest BCUT2D eigenvalue weighted by Crippen LogP contribution is 2.31. The number of halogens is 3. The van der Waals surface area contributed by atoms with Gasteiger partial charge >= 0.3 is 0 Å². The number of carbonyl (C=O) groups is 1. The highest BCUT2D eigenvalue weighted by atomic mass is 19.1. The monoisotopic (exact) mass is 427 g/mol. The molecule has 6 heteroatoms. The normalized spacial score (nSPS) is 10.9. The number of hydrogen-bond acceptors (Lipinski definition) is 2. The topological polar surface area (TPSA) is 29.5 Å². The molecule has 3 nitrogen and oxygen atoms in total. The van der Waals surface area contributed by atoms with Gasteiger partial charge in [-0.2, -0.15) is 0 Å². The number of benzene rings is 3. The summed E-state index contributed by atoms with van der Waals surface area (Å²) in [5.41, 5.74) is 1.39. The molecule has 0 spiro atoms. The van der Waals surface area contributed by atoms with Crippen LogP contribution >= 0.6 is 0 Å². The highest BCUT2D eigenvalue weighted by Gasteiger charge is 2.20. The minimum absolute atomic E-state index is 0.0614. The van der Waals surface area contributed by atoms with Gasteiger partial charge in [-0.1, -0.05) is 31.2 Å². The number of rotatable bonds is 8. The van der Waals surface area contributed by atoms with E-state index in [1.165, 1.54) is 60.7 Å². The van der Waals surface area contributed by atoms with E-state index in [4.69, 9.17) is 4.74 Å². The van der Waals surface area contributed by atoms with Crippen LogP contribution in [0, 0.1) is 17.5 Å². The molecule has 0 saturated heterocycles. The molecule has 0 saturated carbocycles. The van der Waals surface area contributed by atoms with E-state index < -0.39 is 23.6 Å². The van der Waals surface area contributed by atoms with E-state index in [2.05, 4.69) is 0 Å². The van der Waals surface area contributed by atoms with E-state index in [1.807, 2.05) is 13.8 Å². The maximum Gasteiger partial charge on any atom is 0.253 e. The molecule has 0 unspecified atom stereocenters. The van der Waals surface area contributed by atoms with Gasteiger partial charge in [0.1, 0.15) is 17.7 Å². The van der Waals surface area contributed by atoms with Crippen molar-refractivity contribution in [2.24, 2.45) is 0 Å². The molecule has 0 N–H and O–H groups in total. The SMILES string of the molecule is CCCN(CC)C(=O)c1ccc(OC(c2ccc(F)cc2)c2ccc(F)cc2)c(F)c1. The number of nitrogens with zero attached hydrogens (tertiary/aromatic N) is 1. The standard InChI is InChI=1S/C25H24F3NO2/c1-3-15-29(4-2)25(30)19-9-14-23(22(28)16-19)31-24(17-5-10-20(26)11-6-17)18-7-12-21(27)13-8-18/h5-14,16,24H,3-4,15H2,1-2H3. The summed E-state index contributed by atoms with van der Waals surface area (Å²) in [7, 11) is 0. The third kappa shape index (κ3) is 5.45. The summed E-state index contributed by atoms with van der Waals surface area (Å²) in [5, 5.41) is 0. The predicted molar refractivity (Wildman–Crippen MR) is 114 cm³/mol. The van der Waals surface area contributed by atoms with Crippen LogP contribution in [0.25, 0.3) is 0 Å². The van der Waals surface area contributed by atoms with Gasteiger partial charge in [0.25, 0.3) is 5.91 Å². The maximum atomic E-state index is 14.9. The van der Waals surface area contributed by atoms with Gasteiger partial charge in [-0.05, 0) is 66.9 Å². The minimum Gasteiger partial charge on any atom is -0.478 e. The average Bonchev–Trinajstić information content (AvgIpc) is 2.77. The second-order valence-corrected chi connectivity index (χ2v) is 7.13. The van der Waals surface area contributed by atoms with E-state index >= 15 is 0 Å². The van der Waals surface area contributed by atoms with Gasteiger partial charge in [-0.3, -0.25) is 4.79 Å². The largest absolute Gasteiger partial charge is 0.478 e. The Hall–Kier alpha value is -3.28. The van der Waals surface area contributed by atoms with E-state index in [0.29, 0.717) is 24.2 Å². The fourth-order valence-corrected chi connectivity index (χ4v) is 3.32. The zero-order valence-electron chi connectivity index (χ0n) is 17.4. The van der Waals surface area contributed by atoms with Gasteiger partial charge in [0.15, 0.2) is 11.6 Å². The van der Waals surface area contributed by atoms with Crippen molar-refractivity contribution < 1.29 is 22.7 Å². The zero-order valence-corrected chi connectivity index (χ0v) is 17.4. The molecule has 0 heterocycles. The molecule has 0 radical (unpaired) electrons. The molecule has 162 valence electrons. The van der Waals surface area contributed by atoms with Crippen LogP contribution in [-0.4, -0.2) is 23.9 Å². The first kappa shape index (κ1) is 22.4. The molecule has 0 aliphatic rings. The van der Waals surface area contributed by atoms with E-state index in [-0.39, 0.29) is 17.2 Å². The molecule has 0 aromatic heterocycles. The molecule has 0 aliphatic carbocycles. The quantitative estimate of drug-likeness (QED) is 0.432. The third-order valence-electron chi connectivity index (χ3n) is 4.93. The molecule has 0 aliphatic heterocycles. The summed E-state index contributed by atoms with van der Waals surface area (Å²) in [6.45, 7) is 4.96. The van der Waals surface area contributed by atoms with Gasteiger partial charge < -0.3 is 9.64 Å². The van der Waals surface area contributed by atoms with Gasteiger partial charge in [0, 0.05) is 18.7 Å². The van der Waals surface area contributed by atoms with Crippen LogP contribution in [0.4, 0.5) is 13.2 Å². The molecule has 1 amide bonds. The summed E-state index contributed by atoms with van der Waals surface area (Å²) in [5.74, 6) is -1.82. The summed E-state index contributed by atoms with van der Waals surface area (Å²) in [6.07, 6.45) is 0.0183. The highest BCUT2D eigenvalue weighted by molar-refractivity contribution is 5.94. The van der Waals surface area contributed by atoms with Crippen molar-refractivity contribution in [3.8, 4) is 5.75 Å². The van der Waals surface area contributed by atoms with Crippen LogP contribution in [-0.2, 0) is 0 Å². The van der Waals surface area contributed by atoms with E-state index in [1.54, 1.807) is 4.90 Å². The summed E-state index contributed by atoms with van der Waals surface area (Å²) >= 11 is 0. The van der Waals surface area contributed by atoms with Gasteiger partial charge in [0.2, 0.25) is 0 Å². The molecule has 3 aromatic rings. The Morgan fingerprint density at radius 3 is 1.87 bits per heavy atom. The van der Waals surface area contributed by atoms with Gasteiger partial charge in [-0.15, -0.1) is 0 Å². The van der Waals surface area contributed by atoms with E-state index in [9.17, 15) is 18.0 Å². The van der Waals surface area contributed by atoms with Crippen molar-refractivity contribution in [3.05, 3.63) is 101 Å². The lowest BCUT2D eigenvalue weighted by molar-refractivity contribution is 0.0764. The van der Waals surface area contributed by atoms with Crippen molar-refractivity contribution in [1.82, 2.24) is 4.90 Å². The lowest BCUT2D eigenvalue weighted by atomic mass is 10.0. The summed E-state index contributed by atoms with van der Waals surface area (Å²) in [6, 6.07) is 15.3. The summed E-state index contributed by atoms with van der Waals surface area (Å²) in [4.78, 5) is 14.3. The molecule has 0 atom stereocenters. The second-order valence-electron chi connectivity index (χ2n) is 7.13. The lowest BCUT2D eigenvalue weighted by Gasteiger charge is -2.22. The zero-order chi connectivity index (χ0) is 22.4. The van der Waals surface area contributed by atoms with Crippen LogP contribution in [0.3, 0.4) is 0 Å². The second kappa shape index (κ2) is 10.2. The first-order valence-electron chi connectivity index (χ1n) is 10.2. The first-order valence-corrected chi connectivity index (χ1v) is 10.2. The van der Waals surface area contributed by atoms with Crippen LogP contribution < -0.4 is 4.74 Å². The Balaban J connectivity index is 1.91. The van der Waals surface area contributed by atoms with Crippen LogP contribution in [0.5, 0.6) is 5.75 Å². The molecule has 31 heavy (non-hydrogen) atoms. The van der Waals surface area contributed by atoms with Gasteiger partial charge in [0.05, 0.1) is 0 Å². The smallest absolute Gasteiger partial charge is 0.253 e. The van der Waals surface area contributed by atoms with Crippen molar-refractivity contribution in [2.75, 3.05) is 13.1 Å². The van der Waals surface area contributed by atoms with Crippen LogP contribution in [0.1, 0.15) is 47.9 Å². The molecule has 0 bridgehead atoms. The number of amides is 1. The van der Waals surface area contributed by atoms with Crippen LogP contribution in [0.2, 0.25) is 0 Å². The van der Waals surface area contributed by atoms with Gasteiger partial charge in [-0.25, -0.2) is 13.2 Å². The van der Waals surface area contributed by atoms with Crippen molar-refractivity contribution in [3.63, 3.8) is 0 Å². The maximum absolute atomic E-state index is 14.9. The molecule has 3 aromatic carbocycles. The Morgan fingerprint density at radius 2 is 1.42 bits per heavy atom. The van der Waals surface area contributed by atoms with E-state index in [0.717, 1.165) is 12.5 Å². The summed E-state index contributed by atoms with van der Waals surface area (Å²) < 4.78 is 47.5. The fourth-order valence-electron chi connectivity index (χ4n) is 3.32. The fraction of sp³-hybridized carbons (Fsp3) is 0.240. The molecular formula is C25H24F3NO2. The number of ether oxygens (including phenoxy) is 1. The van der Waals surface area contributed by atoms with Crippen molar-refractivity contribution >= 4 is 5.91 Å². The lowest BCUT2D eigenvalue weighted by Crippen LogP contribution is -2.31. The number of carbonyl (C=O) groups excluding carboxylic acids is 1. The Labute approximate surface area is 180 Å². The van der Waals surface area contributed by atoms with Crippen molar-refractivity contribution in [2.45, 2.75) is 26.4 Å². The average molecular weight is 427 g/mol. The Morgan fingerprint density at radius 1 is 0.871 bits per heavy atom. The Bertz CT molecular complexity index is 974.